The van der Waals surface area contributed by atoms with Crippen molar-refractivity contribution in [2.75, 3.05) is 32.8 Å². The second kappa shape index (κ2) is 6.27. The van der Waals surface area contributed by atoms with Gasteiger partial charge in [-0.05, 0) is 11.6 Å². The second-order valence-corrected chi connectivity index (χ2v) is 4.81. The molecule has 1 fully saturated rings. The summed E-state index contributed by atoms with van der Waals surface area (Å²) in [5.74, 6) is -3.29. The molecule has 1 aliphatic heterocycles. The Morgan fingerprint density at radius 1 is 1.35 bits per heavy atom. The van der Waals surface area contributed by atoms with Crippen LogP contribution in [0.2, 0.25) is 0 Å². The first-order valence-electron chi connectivity index (χ1n) is 6.52. The maximum atomic E-state index is 14.2. The number of benzene rings is 1. The molecule has 2 N–H and O–H groups in total. The molecule has 1 aliphatic rings. The lowest BCUT2D eigenvalue weighted by molar-refractivity contribution is -0.118. The van der Waals surface area contributed by atoms with E-state index in [2.05, 4.69) is 5.32 Å². The summed E-state index contributed by atoms with van der Waals surface area (Å²) < 4.78 is 28.4. The first-order chi connectivity index (χ1) is 9.60. The fourth-order valence-corrected chi connectivity index (χ4v) is 2.56. The number of piperazine rings is 1. The molecule has 1 saturated heterocycles. The topological polar surface area (TPSA) is 59.3 Å². The maximum absolute atomic E-state index is 14.2. The fraction of sp³-hybridized carbons (Fsp3) is 0.500. The number of nitrogens with zero attached hydrogens (tertiary/aromatic N) is 2. The van der Waals surface area contributed by atoms with Crippen LogP contribution in [0, 0.1) is 11.3 Å². The summed E-state index contributed by atoms with van der Waals surface area (Å²) in [6.45, 7) is 0.918. The lowest BCUT2D eigenvalue weighted by Crippen LogP contribution is -2.51. The van der Waals surface area contributed by atoms with E-state index in [0.717, 1.165) is 0 Å². The van der Waals surface area contributed by atoms with Crippen molar-refractivity contribution in [2.45, 2.75) is 12.0 Å². The molecular formula is C14H17F2N3O. The molecule has 0 spiro atoms. The summed E-state index contributed by atoms with van der Waals surface area (Å²) in [6, 6.07) is 7.03. The van der Waals surface area contributed by atoms with Crippen molar-refractivity contribution in [2.24, 2.45) is 0 Å². The van der Waals surface area contributed by atoms with Crippen molar-refractivity contribution < 1.29 is 13.9 Å². The number of hydrogen-bond acceptors (Lipinski definition) is 4. The van der Waals surface area contributed by atoms with E-state index in [1.165, 1.54) is 12.1 Å². The van der Waals surface area contributed by atoms with Gasteiger partial charge in [0.15, 0.2) is 0 Å². The van der Waals surface area contributed by atoms with E-state index < -0.39 is 18.6 Å². The van der Waals surface area contributed by atoms with Crippen LogP contribution in [0.3, 0.4) is 0 Å². The Morgan fingerprint density at radius 2 is 2.00 bits per heavy atom. The van der Waals surface area contributed by atoms with E-state index in [1.54, 1.807) is 17.0 Å². The highest BCUT2D eigenvalue weighted by molar-refractivity contribution is 5.40. The molecule has 20 heavy (non-hydrogen) atoms. The average Bonchev–Trinajstić information content (AvgIpc) is 2.49. The minimum Gasteiger partial charge on any atom is -0.390 e. The summed E-state index contributed by atoms with van der Waals surface area (Å²) in [6.07, 6.45) is 0. The van der Waals surface area contributed by atoms with Crippen LogP contribution in [0.15, 0.2) is 24.3 Å². The van der Waals surface area contributed by atoms with Crippen LogP contribution in [0.5, 0.6) is 0 Å². The van der Waals surface area contributed by atoms with Gasteiger partial charge in [0, 0.05) is 26.2 Å². The van der Waals surface area contributed by atoms with E-state index in [0.29, 0.717) is 26.2 Å². The number of nitrogens with one attached hydrogen (secondary N) is 1. The minimum atomic E-state index is -3.29. The smallest absolute Gasteiger partial charge is 0.289 e. The Morgan fingerprint density at radius 3 is 2.60 bits per heavy atom. The number of hydrogen-bond donors (Lipinski definition) is 2. The Labute approximate surface area is 116 Å². The minimum absolute atomic E-state index is 0.226. The van der Waals surface area contributed by atoms with E-state index >= 15 is 0 Å². The molecule has 0 saturated carbocycles. The van der Waals surface area contributed by atoms with Gasteiger partial charge in [-0.25, -0.2) is 8.78 Å². The number of aliphatic hydroxyl groups is 1. The van der Waals surface area contributed by atoms with Crippen LogP contribution in [0.1, 0.15) is 17.2 Å². The van der Waals surface area contributed by atoms with Gasteiger partial charge in [0.05, 0.1) is 11.6 Å². The highest BCUT2D eigenvalue weighted by Crippen LogP contribution is 2.37. The van der Waals surface area contributed by atoms with E-state index in [-0.39, 0.29) is 11.1 Å². The summed E-state index contributed by atoms with van der Waals surface area (Å²) >= 11 is 0. The van der Waals surface area contributed by atoms with Crippen LogP contribution >= 0.6 is 0 Å². The van der Waals surface area contributed by atoms with Crippen LogP contribution in [-0.4, -0.2) is 48.7 Å². The van der Waals surface area contributed by atoms with Gasteiger partial charge in [0.25, 0.3) is 5.92 Å². The molecule has 4 nitrogen and oxygen atoms in total. The molecule has 108 valence electrons. The molecule has 1 heterocycles. The molecule has 2 rings (SSSR count). The Kier molecular flexibility index (Phi) is 4.65. The Hall–Kier alpha value is -1.55. The quantitative estimate of drug-likeness (QED) is 0.868. The summed E-state index contributed by atoms with van der Waals surface area (Å²) in [5, 5.41) is 21.3. The van der Waals surface area contributed by atoms with Crippen molar-refractivity contribution in [3.8, 4) is 6.07 Å². The third-order valence-corrected chi connectivity index (χ3v) is 3.50. The Bertz CT molecular complexity index is 495. The highest BCUT2D eigenvalue weighted by atomic mass is 19.3. The number of aliphatic hydroxyl groups excluding tert-OH is 1. The van der Waals surface area contributed by atoms with Crippen LogP contribution < -0.4 is 5.32 Å². The first kappa shape index (κ1) is 14.9. The van der Waals surface area contributed by atoms with E-state index in [1.807, 2.05) is 6.07 Å². The fourth-order valence-electron chi connectivity index (χ4n) is 2.56. The van der Waals surface area contributed by atoms with Gasteiger partial charge in [-0.2, -0.15) is 5.26 Å². The van der Waals surface area contributed by atoms with Crippen molar-refractivity contribution in [3.63, 3.8) is 0 Å². The second-order valence-electron chi connectivity index (χ2n) is 4.81. The SMILES string of the molecule is N#Cc1ccccc1[C@@H](N1CCNCC1)C(F)(F)CO. The molecule has 0 radical (unpaired) electrons. The number of alkyl halides is 2. The number of halogens is 2. The van der Waals surface area contributed by atoms with Gasteiger partial charge >= 0.3 is 0 Å². The standard InChI is InChI=1S/C14H17F2N3O/c15-14(16,10-20)13(19-7-5-18-6-8-19)12-4-2-1-3-11(12)9-17/h1-4,13,18,20H,5-8,10H2/t13-/m1/s1. The van der Waals surface area contributed by atoms with Crippen LogP contribution in [-0.2, 0) is 0 Å². The van der Waals surface area contributed by atoms with Gasteiger partial charge in [0.2, 0.25) is 0 Å². The number of rotatable bonds is 4. The van der Waals surface area contributed by atoms with Gasteiger partial charge < -0.3 is 10.4 Å². The molecule has 1 atom stereocenters. The van der Waals surface area contributed by atoms with Gasteiger partial charge in [-0.15, -0.1) is 0 Å². The zero-order valence-electron chi connectivity index (χ0n) is 11.0. The normalized spacial score (nSPS) is 18.5. The lowest BCUT2D eigenvalue weighted by Gasteiger charge is -2.39. The summed E-state index contributed by atoms with van der Waals surface area (Å²) in [5.41, 5.74) is 0.500. The van der Waals surface area contributed by atoms with Crippen LogP contribution in [0.25, 0.3) is 0 Å². The van der Waals surface area contributed by atoms with Gasteiger partial charge in [-0.3, -0.25) is 4.90 Å². The predicted octanol–water partition coefficient (Wildman–Crippen LogP) is 1.13. The molecule has 0 bridgehead atoms. The molecule has 0 amide bonds. The zero-order valence-corrected chi connectivity index (χ0v) is 11.0. The van der Waals surface area contributed by atoms with Crippen molar-refractivity contribution >= 4 is 0 Å². The highest BCUT2D eigenvalue weighted by Gasteiger charge is 2.44. The maximum Gasteiger partial charge on any atom is 0.289 e. The third kappa shape index (κ3) is 2.96. The zero-order chi connectivity index (χ0) is 14.6. The number of nitriles is 1. The van der Waals surface area contributed by atoms with Crippen molar-refractivity contribution in [3.05, 3.63) is 35.4 Å². The molecule has 0 unspecified atom stereocenters. The van der Waals surface area contributed by atoms with Gasteiger partial charge in [0.1, 0.15) is 12.6 Å². The van der Waals surface area contributed by atoms with Crippen LogP contribution in [0.4, 0.5) is 8.78 Å². The molecule has 0 aromatic heterocycles. The summed E-state index contributed by atoms with van der Waals surface area (Å²) in [4.78, 5) is 1.63. The lowest BCUT2D eigenvalue weighted by atomic mass is 9.94. The molecule has 6 heteroatoms. The largest absolute Gasteiger partial charge is 0.390 e. The summed E-state index contributed by atoms with van der Waals surface area (Å²) in [7, 11) is 0. The third-order valence-electron chi connectivity index (χ3n) is 3.50. The van der Waals surface area contributed by atoms with Gasteiger partial charge in [-0.1, -0.05) is 18.2 Å². The van der Waals surface area contributed by atoms with E-state index in [9.17, 15) is 8.78 Å². The van der Waals surface area contributed by atoms with E-state index in [4.69, 9.17) is 10.4 Å². The first-order valence-corrected chi connectivity index (χ1v) is 6.52. The molecule has 1 aromatic rings. The molecule has 1 aromatic carbocycles. The average molecular weight is 281 g/mol. The predicted molar refractivity (Wildman–Crippen MR) is 70.4 cm³/mol. The van der Waals surface area contributed by atoms with Crippen molar-refractivity contribution in [1.82, 2.24) is 10.2 Å². The van der Waals surface area contributed by atoms with Crippen molar-refractivity contribution in [1.29, 1.82) is 5.26 Å². The monoisotopic (exact) mass is 281 g/mol. The molecule has 0 aliphatic carbocycles. The molecular weight excluding hydrogens is 264 g/mol. The Balaban J connectivity index is 2.43.